The molecular formula is C10H20N2O. The molecule has 3 unspecified atom stereocenters. The van der Waals surface area contributed by atoms with Gasteiger partial charge in [0.2, 0.25) is 5.91 Å². The van der Waals surface area contributed by atoms with E-state index in [9.17, 15) is 4.79 Å². The highest BCUT2D eigenvalue weighted by Crippen LogP contribution is 2.29. The Labute approximate surface area is 80.3 Å². The summed E-state index contributed by atoms with van der Waals surface area (Å²) in [7, 11) is 0. The Kier molecular flexibility index (Phi) is 3.72. The van der Waals surface area contributed by atoms with Crippen LogP contribution in [0.5, 0.6) is 0 Å². The summed E-state index contributed by atoms with van der Waals surface area (Å²) >= 11 is 0. The number of nitrogens with one attached hydrogen (secondary N) is 2. The molecular weight excluding hydrogens is 164 g/mol. The zero-order valence-electron chi connectivity index (χ0n) is 8.76. The lowest BCUT2D eigenvalue weighted by Gasteiger charge is -2.13. The molecule has 13 heavy (non-hydrogen) atoms. The van der Waals surface area contributed by atoms with Gasteiger partial charge in [0.1, 0.15) is 0 Å². The number of carbonyl (C=O) groups is 1. The van der Waals surface area contributed by atoms with Crippen LogP contribution in [-0.2, 0) is 4.79 Å². The Morgan fingerprint density at radius 2 is 2.23 bits per heavy atom. The molecule has 0 heterocycles. The van der Waals surface area contributed by atoms with E-state index in [4.69, 9.17) is 0 Å². The van der Waals surface area contributed by atoms with Crippen molar-refractivity contribution in [3.8, 4) is 0 Å². The van der Waals surface area contributed by atoms with Gasteiger partial charge in [-0.3, -0.25) is 4.79 Å². The van der Waals surface area contributed by atoms with Crippen molar-refractivity contribution in [1.29, 1.82) is 0 Å². The first kappa shape index (κ1) is 10.5. The first-order valence-electron chi connectivity index (χ1n) is 5.19. The van der Waals surface area contributed by atoms with E-state index in [1.54, 1.807) is 0 Å². The molecule has 0 aromatic carbocycles. The normalized spacial score (nSPS) is 28.2. The van der Waals surface area contributed by atoms with E-state index in [0.29, 0.717) is 6.04 Å². The van der Waals surface area contributed by atoms with E-state index < -0.39 is 0 Å². The SMILES string of the molecule is CCCNC(=O)C(C)NC1CC1C. The second-order valence-electron chi connectivity index (χ2n) is 4.00. The van der Waals surface area contributed by atoms with Gasteiger partial charge in [-0.15, -0.1) is 0 Å². The maximum Gasteiger partial charge on any atom is 0.236 e. The summed E-state index contributed by atoms with van der Waals surface area (Å²) in [6, 6.07) is 0.531. The van der Waals surface area contributed by atoms with Gasteiger partial charge in [-0.05, 0) is 25.7 Å². The molecule has 0 aromatic rings. The van der Waals surface area contributed by atoms with E-state index in [1.807, 2.05) is 6.92 Å². The number of rotatable bonds is 5. The van der Waals surface area contributed by atoms with Gasteiger partial charge in [0.15, 0.2) is 0 Å². The highest BCUT2D eigenvalue weighted by molar-refractivity contribution is 5.81. The molecule has 1 amide bonds. The predicted molar refractivity (Wildman–Crippen MR) is 53.5 cm³/mol. The fraction of sp³-hybridized carbons (Fsp3) is 0.900. The summed E-state index contributed by atoms with van der Waals surface area (Å²) in [5.74, 6) is 0.877. The van der Waals surface area contributed by atoms with Gasteiger partial charge in [0, 0.05) is 12.6 Å². The van der Waals surface area contributed by atoms with Crippen molar-refractivity contribution < 1.29 is 4.79 Å². The Bertz CT molecular complexity index is 182. The van der Waals surface area contributed by atoms with Crippen molar-refractivity contribution >= 4 is 5.91 Å². The topological polar surface area (TPSA) is 41.1 Å². The highest BCUT2D eigenvalue weighted by atomic mass is 16.2. The van der Waals surface area contributed by atoms with Gasteiger partial charge < -0.3 is 10.6 Å². The minimum absolute atomic E-state index is 0.0403. The van der Waals surface area contributed by atoms with Crippen molar-refractivity contribution in [2.45, 2.75) is 45.7 Å². The molecule has 0 spiro atoms. The van der Waals surface area contributed by atoms with Crippen LogP contribution in [-0.4, -0.2) is 24.5 Å². The van der Waals surface area contributed by atoms with Gasteiger partial charge in [-0.2, -0.15) is 0 Å². The zero-order valence-corrected chi connectivity index (χ0v) is 8.76. The molecule has 3 nitrogen and oxygen atoms in total. The molecule has 3 heteroatoms. The molecule has 1 saturated carbocycles. The summed E-state index contributed by atoms with van der Waals surface area (Å²) in [5, 5.41) is 6.18. The van der Waals surface area contributed by atoms with Crippen LogP contribution in [0.4, 0.5) is 0 Å². The molecule has 1 aliphatic carbocycles. The van der Waals surface area contributed by atoms with Crippen LogP contribution < -0.4 is 10.6 Å². The van der Waals surface area contributed by atoms with E-state index in [2.05, 4.69) is 24.5 Å². The molecule has 0 radical (unpaired) electrons. The van der Waals surface area contributed by atoms with Gasteiger partial charge in [-0.25, -0.2) is 0 Å². The standard InChI is InChI=1S/C10H20N2O/c1-4-5-11-10(13)8(3)12-9-6-7(9)2/h7-9,12H,4-6H2,1-3H3,(H,11,13). The predicted octanol–water partition coefficient (Wildman–Crippen LogP) is 0.899. The number of hydrogen-bond donors (Lipinski definition) is 2. The summed E-state index contributed by atoms with van der Waals surface area (Å²) in [4.78, 5) is 11.4. The quantitative estimate of drug-likeness (QED) is 0.666. The Morgan fingerprint density at radius 3 is 2.69 bits per heavy atom. The van der Waals surface area contributed by atoms with Crippen LogP contribution in [0.1, 0.15) is 33.6 Å². The van der Waals surface area contributed by atoms with E-state index in [0.717, 1.165) is 18.9 Å². The second kappa shape index (κ2) is 4.61. The first-order chi connectivity index (χ1) is 6.15. The fourth-order valence-electron chi connectivity index (χ4n) is 1.35. The van der Waals surface area contributed by atoms with Crippen LogP contribution in [0.2, 0.25) is 0 Å². The molecule has 76 valence electrons. The molecule has 0 aromatic heterocycles. The summed E-state index contributed by atoms with van der Waals surface area (Å²) in [6.45, 7) is 6.97. The summed E-state index contributed by atoms with van der Waals surface area (Å²) in [6.07, 6.45) is 2.21. The van der Waals surface area contributed by atoms with Gasteiger partial charge >= 0.3 is 0 Å². The average molecular weight is 184 g/mol. The van der Waals surface area contributed by atoms with Crippen molar-refractivity contribution in [2.24, 2.45) is 5.92 Å². The third kappa shape index (κ3) is 3.35. The van der Waals surface area contributed by atoms with Crippen molar-refractivity contribution in [3.05, 3.63) is 0 Å². The molecule has 0 bridgehead atoms. The summed E-state index contributed by atoms with van der Waals surface area (Å²) in [5.41, 5.74) is 0. The lowest BCUT2D eigenvalue weighted by atomic mass is 10.3. The second-order valence-corrected chi connectivity index (χ2v) is 4.00. The molecule has 0 saturated heterocycles. The van der Waals surface area contributed by atoms with Gasteiger partial charge in [0.05, 0.1) is 6.04 Å². The van der Waals surface area contributed by atoms with Crippen LogP contribution in [0, 0.1) is 5.92 Å². The Hall–Kier alpha value is -0.570. The largest absolute Gasteiger partial charge is 0.355 e. The van der Waals surface area contributed by atoms with Crippen molar-refractivity contribution in [3.63, 3.8) is 0 Å². The number of hydrogen-bond acceptors (Lipinski definition) is 2. The highest BCUT2D eigenvalue weighted by Gasteiger charge is 2.34. The van der Waals surface area contributed by atoms with E-state index >= 15 is 0 Å². The van der Waals surface area contributed by atoms with Crippen LogP contribution >= 0.6 is 0 Å². The minimum atomic E-state index is -0.0403. The van der Waals surface area contributed by atoms with Gasteiger partial charge in [0.25, 0.3) is 0 Å². The lowest BCUT2D eigenvalue weighted by molar-refractivity contribution is -0.122. The van der Waals surface area contributed by atoms with Gasteiger partial charge in [-0.1, -0.05) is 13.8 Å². The third-order valence-electron chi connectivity index (χ3n) is 2.52. The fourth-order valence-corrected chi connectivity index (χ4v) is 1.35. The van der Waals surface area contributed by atoms with Crippen molar-refractivity contribution in [1.82, 2.24) is 10.6 Å². The van der Waals surface area contributed by atoms with Crippen molar-refractivity contribution in [2.75, 3.05) is 6.54 Å². The molecule has 1 aliphatic rings. The average Bonchev–Trinajstić information content (AvgIpc) is 2.77. The first-order valence-corrected chi connectivity index (χ1v) is 5.19. The van der Waals surface area contributed by atoms with Crippen LogP contribution in [0.15, 0.2) is 0 Å². The molecule has 0 aliphatic heterocycles. The Balaban J connectivity index is 2.14. The number of amides is 1. The molecule has 2 N–H and O–H groups in total. The maximum atomic E-state index is 11.4. The van der Waals surface area contributed by atoms with Crippen LogP contribution in [0.3, 0.4) is 0 Å². The maximum absolute atomic E-state index is 11.4. The monoisotopic (exact) mass is 184 g/mol. The number of carbonyl (C=O) groups excluding carboxylic acids is 1. The molecule has 3 atom stereocenters. The Morgan fingerprint density at radius 1 is 1.62 bits per heavy atom. The lowest BCUT2D eigenvalue weighted by Crippen LogP contribution is -2.43. The van der Waals surface area contributed by atoms with Crippen LogP contribution in [0.25, 0.3) is 0 Å². The smallest absolute Gasteiger partial charge is 0.236 e. The summed E-state index contributed by atoms with van der Waals surface area (Å²) < 4.78 is 0. The molecule has 1 rings (SSSR count). The third-order valence-corrected chi connectivity index (χ3v) is 2.52. The zero-order chi connectivity index (χ0) is 9.84. The van der Waals surface area contributed by atoms with E-state index in [1.165, 1.54) is 6.42 Å². The van der Waals surface area contributed by atoms with E-state index in [-0.39, 0.29) is 11.9 Å². The molecule has 1 fully saturated rings. The minimum Gasteiger partial charge on any atom is -0.355 e.